The average Bonchev–Trinajstić information content (AvgIpc) is 3.67. The Morgan fingerprint density at radius 3 is 2.15 bits per heavy atom. The number of benzene rings is 4. The smallest absolute Gasteiger partial charge is 0.313 e. The van der Waals surface area contributed by atoms with Gasteiger partial charge in [-0.1, -0.05) is 129 Å². The van der Waals surface area contributed by atoms with Gasteiger partial charge in [-0.05, 0) is 111 Å². The van der Waals surface area contributed by atoms with Gasteiger partial charge in [0.25, 0.3) is 5.91 Å². The minimum absolute atomic E-state index is 0.0526. The van der Waals surface area contributed by atoms with Gasteiger partial charge >= 0.3 is 5.97 Å². The zero-order chi connectivity index (χ0) is 41.8. The Balaban J connectivity index is 1.20. The lowest BCUT2D eigenvalue weighted by Gasteiger charge is -2.47. The minimum Gasteiger partial charge on any atom is -0.448 e. The van der Waals surface area contributed by atoms with Gasteiger partial charge in [0.1, 0.15) is 0 Å². The molecule has 4 aliphatic carbocycles. The van der Waals surface area contributed by atoms with E-state index < -0.39 is 33.6 Å². The molecular weight excluding hydrogens is 735 g/mol. The summed E-state index contributed by atoms with van der Waals surface area (Å²) in [4.78, 5) is 45.2. The van der Waals surface area contributed by atoms with Crippen LogP contribution in [0.3, 0.4) is 0 Å². The van der Waals surface area contributed by atoms with Crippen molar-refractivity contribution in [2.75, 3.05) is 6.54 Å². The highest BCUT2D eigenvalue weighted by atomic mass is 16.6. The van der Waals surface area contributed by atoms with E-state index in [1.807, 2.05) is 106 Å². The minimum atomic E-state index is -1.35. The largest absolute Gasteiger partial charge is 0.448 e. The second kappa shape index (κ2) is 15.3. The molecule has 0 radical (unpaired) electrons. The van der Waals surface area contributed by atoms with Crippen molar-refractivity contribution in [2.45, 2.75) is 122 Å². The van der Waals surface area contributed by atoms with Gasteiger partial charge in [0.15, 0.2) is 11.4 Å². The summed E-state index contributed by atoms with van der Waals surface area (Å²) in [5, 5.41) is 24.5. The highest BCUT2D eigenvalue weighted by Crippen LogP contribution is 2.66. The number of fused-ring (bicyclic) bond motifs is 10. The first kappa shape index (κ1) is 40.9. The number of hydrogen-bond acceptors (Lipinski definition) is 6. The van der Waals surface area contributed by atoms with Gasteiger partial charge < -0.3 is 19.8 Å². The number of aliphatic hydroxyl groups excluding tert-OH is 1. The molecule has 1 amide bonds. The summed E-state index contributed by atoms with van der Waals surface area (Å²) in [5.41, 5.74) is 2.21. The van der Waals surface area contributed by atoms with Crippen LogP contribution in [0.25, 0.3) is 11.1 Å². The summed E-state index contributed by atoms with van der Waals surface area (Å²) in [6, 6.07) is 33.8. The lowest BCUT2D eigenvalue weighted by atomic mass is 9.64. The first-order valence-corrected chi connectivity index (χ1v) is 21.6. The molecule has 9 rings (SSSR count). The fourth-order valence-corrected chi connectivity index (χ4v) is 11.1. The normalized spacial score (nSPS) is 29.9. The van der Waals surface area contributed by atoms with Gasteiger partial charge in [-0.2, -0.15) is 0 Å². The molecule has 1 heterocycles. The van der Waals surface area contributed by atoms with Crippen LogP contribution in [0.15, 0.2) is 115 Å². The van der Waals surface area contributed by atoms with Crippen molar-refractivity contribution in [3.63, 3.8) is 0 Å². The Hall–Kier alpha value is -4.85. The third-order valence-corrected chi connectivity index (χ3v) is 15.6. The molecule has 4 bridgehead atoms. The Morgan fingerprint density at radius 1 is 0.814 bits per heavy atom. The maximum atomic E-state index is 15.2. The molecule has 4 aromatic carbocycles. The Bertz CT molecular complexity index is 2270. The lowest BCUT2D eigenvalue weighted by molar-refractivity contribution is -0.178. The molecule has 59 heavy (non-hydrogen) atoms. The fourth-order valence-electron chi connectivity index (χ4n) is 11.1. The fraction of sp³-hybridized carbons (Fsp3) is 0.442. The Kier molecular flexibility index (Phi) is 10.6. The number of amides is 1. The number of esters is 1. The van der Waals surface area contributed by atoms with E-state index >= 15 is 4.79 Å². The maximum Gasteiger partial charge on any atom is 0.313 e. The number of nitrogens with zero attached hydrogens (tertiary/aromatic N) is 1. The summed E-state index contributed by atoms with van der Waals surface area (Å²) in [6.07, 6.45) is 6.83. The van der Waals surface area contributed by atoms with Crippen LogP contribution in [0.2, 0.25) is 0 Å². The number of aliphatic hydroxyl groups is 2. The average molecular weight is 794 g/mol. The van der Waals surface area contributed by atoms with Crippen molar-refractivity contribution < 1.29 is 29.3 Å². The van der Waals surface area contributed by atoms with Crippen molar-refractivity contribution in [1.82, 2.24) is 4.90 Å². The van der Waals surface area contributed by atoms with Crippen molar-refractivity contribution in [2.24, 2.45) is 16.2 Å². The summed E-state index contributed by atoms with van der Waals surface area (Å²) in [6.45, 7) is 10.4. The van der Waals surface area contributed by atoms with Crippen molar-refractivity contribution in [3.8, 4) is 11.1 Å². The molecule has 308 valence electrons. The molecule has 7 nitrogen and oxygen atoms in total. The number of carbonyl (C=O) groups is 3. The first-order valence-electron chi connectivity index (χ1n) is 21.6. The summed E-state index contributed by atoms with van der Waals surface area (Å²) >= 11 is 0. The predicted octanol–water partition coefficient (Wildman–Crippen LogP) is 9.77. The summed E-state index contributed by atoms with van der Waals surface area (Å²) in [7, 11) is 0. The third-order valence-electron chi connectivity index (χ3n) is 15.6. The maximum absolute atomic E-state index is 15.2. The standard InChI is InChI=1S/C52H59NO6/c1-35-13-12-27-49(4)44(42-25-19-37(31-41(54)24-18-35)32-43(42)45(55)40-22-20-39(21-23-40)38-16-10-7-11-17-38)26-28-51(49,58)34-53(33-36-14-8-6-9-15-36)46(56)52-30-29-50(5,47(57)59-52)48(52,2)3/h6-11,13-17,19-23,25,32,41,44,54,58H,12,18,24,26-31,33-34H2,1-5H3. The van der Waals surface area contributed by atoms with Crippen molar-refractivity contribution in [3.05, 3.63) is 143 Å². The summed E-state index contributed by atoms with van der Waals surface area (Å²) in [5.74, 6) is -0.890. The van der Waals surface area contributed by atoms with Crippen LogP contribution in [-0.2, 0) is 27.3 Å². The number of carbonyl (C=O) groups excluding carboxylic acids is 3. The monoisotopic (exact) mass is 793 g/mol. The van der Waals surface area contributed by atoms with Crippen molar-refractivity contribution in [1.29, 1.82) is 0 Å². The van der Waals surface area contributed by atoms with E-state index in [9.17, 15) is 19.8 Å². The van der Waals surface area contributed by atoms with Gasteiger partial charge in [-0.15, -0.1) is 0 Å². The van der Waals surface area contributed by atoms with Gasteiger partial charge in [0.2, 0.25) is 0 Å². The predicted molar refractivity (Wildman–Crippen MR) is 231 cm³/mol. The van der Waals surface area contributed by atoms with Gasteiger partial charge in [-0.3, -0.25) is 14.4 Å². The second-order valence-electron chi connectivity index (χ2n) is 19.0. The van der Waals surface area contributed by atoms with E-state index in [1.54, 1.807) is 4.90 Å². The molecule has 6 unspecified atom stereocenters. The number of ether oxygens (including phenoxy) is 1. The van der Waals surface area contributed by atoms with Gasteiger partial charge in [0, 0.05) is 28.5 Å². The van der Waals surface area contributed by atoms with E-state index in [4.69, 9.17) is 4.74 Å². The molecule has 1 saturated heterocycles. The van der Waals surface area contributed by atoms with E-state index in [-0.39, 0.29) is 36.7 Å². The first-order chi connectivity index (χ1) is 28.1. The Morgan fingerprint density at radius 2 is 1.49 bits per heavy atom. The number of allylic oxidation sites excluding steroid dienone is 2. The topological polar surface area (TPSA) is 104 Å². The van der Waals surface area contributed by atoms with E-state index in [2.05, 4.69) is 38.1 Å². The van der Waals surface area contributed by atoms with Crippen LogP contribution < -0.4 is 0 Å². The highest BCUT2D eigenvalue weighted by Gasteiger charge is 2.76. The third kappa shape index (κ3) is 6.88. The lowest BCUT2D eigenvalue weighted by Crippen LogP contribution is -2.60. The number of hydrogen-bond donors (Lipinski definition) is 2. The van der Waals surface area contributed by atoms with Crippen LogP contribution in [-0.4, -0.2) is 56.6 Å². The van der Waals surface area contributed by atoms with Gasteiger partial charge in [0.05, 0.1) is 23.7 Å². The van der Waals surface area contributed by atoms with E-state index in [1.165, 1.54) is 5.57 Å². The molecule has 0 spiro atoms. The zero-order valence-electron chi connectivity index (χ0n) is 35.3. The van der Waals surface area contributed by atoms with E-state index in [0.717, 1.165) is 34.2 Å². The van der Waals surface area contributed by atoms with Crippen LogP contribution >= 0.6 is 0 Å². The van der Waals surface area contributed by atoms with E-state index in [0.29, 0.717) is 62.5 Å². The molecule has 0 aromatic heterocycles. The van der Waals surface area contributed by atoms with Gasteiger partial charge in [-0.25, -0.2) is 0 Å². The quantitative estimate of drug-likeness (QED) is 0.105. The zero-order valence-corrected chi connectivity index (χ0v) is 35.3. The SMILES string of the molecule is CC1=CCCC2(C)C(CCC2(O)CN(Cc2ccccc2)C(=O)C23CCC(C)(C(=O)O2)C3(C)C)c2ccc(cc2C(=O)c2ccc(-c3ccccc3)cc2)CC(O)CC1. The molecule has 4 aromatic rings. The molecular formula is C52H59NO6. The summed E-state index contributed by atoms with van der Waals surface area (Å²) < 4.78 is 6.17. The number of ketones is 1. The Labute approximate surface area is 349 Å². The molecule has 5 aliphatic rings. The molecule has 1 aliphatic heterocycles. The molecule has 2 saturated carbocycles. The molecule has 2 N–H and O–H groups in total. The molecule has 3 fully saturated rings. The van der Waals surface area contributed by atoms with Crippen LogP contribution in [0, 0.1) is 16.2 Å². The molecule has 7 heteroatoms. The number of rotatable bonds is 8. The van der Waals surface area contributed by atoms with Crippen LogP contribution in [0.1, 0.15) is 125 Å². The highest BCUT2D eigenvalue weighted by molar-refractivity contribution is 6.10. The van der Waals surface area contributed by atoms with Crippen molar-refractivity contribution >= 4 is 17.7 Å². The van der Waals surface area contributed by atoms with Crippen LogP contribution in [0.4, 0.5) is 0 Å². The van der Waals surface area contributed by atoms with Crippen LogP contribution in [0.5, 0.6) is 0 Å². The second-order valence-corrected chi connectivity index (χ2v) is 19.0. The molecule has 6 atom stereocenters.